The number of nitrogens with zero attached hydrogens (tertiary/aromatic N) is 1. The number of amides is 2. The van der Waals surface area contributed by atoms with Crippen LogP contribution in [0.4, 0.5) is 5.69 Å². The molecule has 0 fully saturated rings. The van der Waals surface area contributed by atoms with E-state index in [4.69, 9.17) is 4.42 Å². The van der Waals surface area contributed by atoms with Crippen LogP contribution in [-0.4, -0.2) is 23.3 Å². The third kappa shape index (κ3) is 3.73. The van der Waals surface area contributed by atoms with Gasteiger partial charge in [0.25, 0.3) is 5.91 Å². The molecule has 6 heteroatoms. The zero-order valence-electron chi connectivity index (χ0n) is 15.9. The smallest absolute Gasteiger partial charge is 0.264 e. The predicted octanol–water partition coefficient (Wildman–Crippen LogP) is 4.80. The molecule has 1 aliphatic rings. The number of anilines is 1. The van der Waals surface area contributed by atoms with Gasteiger partial charge in [0.05, 0.1) is 4.88 Å². The SMILES string of the molecule is CC(C)C(=O)Nc1ccc(-c2cc3c(o2)CCN(C(=O)c2cccs2)C3)cc1. The van der Waals surface area contributed by atoms with E-state index >= 15 is 0 Å². The largest absolute Gasteiger partial charge is 0.461 e. The Labute approximate surface area is 168 Å². The van der Waals surface area contributed by atoms with E-state index in [0.717, 1.165) is 39.6 Å². The summed E-state index contributed by atoms with van der Waals surface area (Å²) in [6, 6.07) is 13.4. The molecule has 28 heavy (non-hydrogen) atoms. The van der Waals surface area contributed by atoms with Gasteiger partial charge >= 0.3 is 0 Å². The number of furan rings is 1. The summed E-state index contributed by atoms with van der Waals surface area (Å²) in [5.41, 5.74) is 2.78. The van der Waals surface area contributed by atoms with Crippen molar-refractivity contribution in [3.8, 4) is 11.3 Å². The van der Waals surface area contributed by atoms with Crippen molar-refractivity contribution < 1.29 is 14.0 Å². The van der Waals surface area contributed by atoms with Gasteiger partial charge in [0, 0.05) is 42.2 Å². The van der Waals surface area contributed by atoms with Crippen molar-refractivity contribution in [1.82, 2.24) is 4.90 Å². The summed E-state index contributed by atoms with van der Waals surface area (Å²) < 4.78 is 6.05. The average molecular weight is 394 g/mol. The minimum Gasteiger partial charge on any atom is -0.461 e. The molecule has 2 aromatic heterocycles. The monoisotopic (exact) mass is 394 g/mol. The van der Waals surface area contributed by atoms with Crippen molar-refractivity contribution in [2.75, 3.05) is 11.9 Å². The first-order chi connectivity index (χ1) is 13.5. The van der Waals surface area contributed by atoms with Crippen molar-refractivity contribution in [2.45, 2.75) is 26.8 Å². The Morgan fingerprint density at radius 2 is 1.96 bits per heavy atom. The number of carbonyl (C=O) groups excluding carboxylic acids is 2. The quantitative estimate of drug-likeness (QED) is 0.691. The molecular formula is C22H22N2O3S. The molecule has 1 N–H and O–H groups in total. The number of carbonyl (C=O) groups is 2. The number of nitrogens with one attached hydrogen (secondary N) is 1. The van der Waals surface area contributed by atoms with E-state index in [1.807, 2.05) is 66.6 Å². The van der Waals surface area contributed by atoms with Gasteiger partial charge in [-0.25, -0.2) is 0 Å². The van der Waals surface area contributed by atoms with Crippen LogP contribution < -0.4 is 5.32 Å². The molecule has 3 aromatic rings. The van der Waals surface area contributed by atoms with Crippen LogP contribution >= 0.6 is 11.3 Å². The highest BCUT2D eigenvalue weighted by molar-refractivity contribution is 7.12. The maximum atomic E-state index is 12.6. The minimum absolute atomic E-state index is 0.00304. The number of hydrogen-bond acceptors (Lipinski definition) is 4. The molecule has 0 saturated carbocycles. The Kier molecular flexibility index (Phi) is 5.05. The number of thiophene rings is 1. The van der Waals surface area contributed by atoms with E-state index in [-0.39, 0.29) is 17.7 Å². The highest BCUT2D eigenvalue weighted by Crippen LogP contribution is 2.31. The van der Waals surface area contributed by atoms with Gasteiger partial charge in [0.1, 0.15) is 11.5 Å². The van der Waals surface area contributed by atoms with Crippen LogP contribution in [0.1, 0.15) is 34.8 Å². The molecule has 0 unspecified atom stereocenters. The fraction of sp³-hybridized carbons (Fsp3) is 0.273. The van der Waals surface area contributed by atoms with Crippen LogP contribution in [0.15, 0.2) is 52.3 Å². The van der Waals surface area contributed by atoms with Crippen molar-refractivity contribution in [3.63, 3.8) is 0 Å². The molecule has 0 atom stereocenters. The van der Waals surface area contributed by atoms with Gasteiger partial charge in [0.2, 0.25) is 5.91 Å². The summed E-state index contributed by atoms with van der Waals surface area (Å²) in [7, 11) is 0. The number of rotatable bonds is 4. The molecule has 3 heterocycles. The first-order valence-corrected chi connectivity index (χ1v) is 10.2. The third-order valence-electron chi connectivity index (χ3n) is 4.85. The number of hydrogen-bond donors (Lipinski definition) is 1. The van der Waals surface area contributed by atoms with Crippen LogP contribution in [0.3, 0.4) is 0 Å². The fourth-order valence-electron chi connectivity index (χ4n) is 3.21. The van der Waals surface area contributed by atoms with Crippen LogP contribution in [0.5, 0.6) is 0 Å². The zero-order valence-corrected chi connectivity index (χ0v) is 16.7. The second kappa shape index (κ2) is 7.64. The van der Waals surface area contributed by atoms with E-state index in [2.05, 4.69) is 5.32 Å². The highest BCUT2D eigenvalue weighted by Gasteiger charge is 2.25. The molecule has 2 amide bonds. The molecule has 0 bridgehead atoms. The Morgan fingerprint density at radius 1 is 1.18 bits per heavy atom. The van der Waals surface area contributed by atoms with Gasteiger partial charge in [0.15, 0.2) is 0 Å². The minimum atomic E-state index is -0.0590. The van der Waals surface area contributed by atoms with Gasteiger partial charge in [-0.1, -0.05) is 19.9 Å². The van der Waals surface area contributed by atoms with Crippen LogP contribution in [0.25, 0.3) is 11.3 Å². The maximum Gasteiger partial charge on any atom is 0.264 e. The summed E-state index contributed by atoms with van der Waals surface area (Å²) in [5.74, 6) is 1.75. The van der Waals surface area contributed by atoms with Crippen molar-refractivity contribution in [3.05, 3.63) is 64.0 Å². The molecule has 0 radical (unpaired) electrons. The Hall–Kier alpha value is -2.86. The van der Waals surface area contributed by atoms with Gasteiger partial charge in [-0.15, -0.1) is 11.3 Å². The van der Waals surface area contributed by atoms with Gasteiger partial charge in [-0.2, -0.15) is 0 Å². The first kappa shape index (κ1) is 18.5. The summed E-state index contributed by atoms with van der Waals surface area (Å²) in [4.78, 5) is 27.0. The fourth-order valence-corrected chi connectivity index (χ4v) is 3.90. The molecule has 0 saturated heterocycles. The Morgan fingerprint density at radius 3 is 2.64 bits per heavy atom. The molecule has 4 rings (SSSR count). The highest BCUT2D eigenvalue weighted by atomic mass is 32.1. The lowest BCUT2D eigenvalue weighted by molar-refractivity contribution is -0.118. The molecule has 0 aliphatic carbocycles. The predicted molar refractivity (Wildman–Crippen MR) is 110 cm³/mol. The average Bonchev–Trinajstić information content (AvgIpc) is 3.37. The maximum absolute atomic E-state index is 12.6. The van der Waals surface area contributed by atoms with Crippen LogP contribution in [0, 0.1) is 5.92 Å². The van der Waals surface area contributed by atoms with E-state index in [9.17, 15) is 9.59 Å². The second-order valence-corrected chi connectivity index (χ2v) is 8.18. The molecular weight excluding hydrogens is 372 g/mol. The first-order valence-electron chi connectivity index (χ1n) is 9.37. The van der Waals surface area contributed by atoms with Gasteiger partial charge in [-0.3, -0.25) is 9.59 Å². The molecule has 1 aromatic carbocycles. The van der Waals surface area contributed by atoms with Gasteiger partial charge in [-0.05, 0) is 41.8 Å². The van der Waals surface area contributed by atoms with Crippen molar-refractivity contribution in [1.29, 1.82) is 0 Å². The summed E-state index contributed by atoms with van der Waals surface area (Å²) in [6.07, 6.45) is 0.717. The Bertz CT molecular complexity index is 987. The van der Waals surface area contributed by atoms with Crippen LogP contribution in [0.2, 0.25) is 0 Å². The lowest BCUT2D eigenvalue weighted by atomic mass is 10.1. The Balaban J connectivity index is 1.48. The van der Waals surface area contributed by atoms with Crippen LogP contribution in [-0.2, 0) is 17.8 Å². The third-order valence-corrected chi connectivity index (χ3v) is 5.70. The molecule has 5 nitrogen and oxygen atoms in total. The van der Waals surface area contributed by atoms with E-state index in [1.165, 1.54) is 11.3 Å². The second-order valence-electron chi connectivity index (χ2n) is 7.23. The van der Waals surface area contributed by atoms with E-state index in [1.54, 1.807) is 0 Å². The van der Waals surface area contributed by atoms with E-state index < -0.39 is 0 Å². The normalized spacial score (nSPS) is 13.5. The molecule has 0 spiro atoms. The van der Waals surface area contributed by atoms with Crippen molar-refractivity contribution in [2.24, 2.45) is 5.92 Å². The zero-order chi connectivity index (χ0) is 19.7. The molecule has 144 valence electrons. The van der Waals surface area contributed by atoms with E-state index in [0.29, 0.717) is 13.1 Å². The number of fused-ring (bicyclic) bond motifs is 1. The summed E-state index contributed by atoms with van der Waals surface area (Å²) >= 11 is 1.47. The standard InChI is InChI=1S/C22H22N2O3S/c1-14(2)21(25)23-17-7-5-15(6-8-17)19-12-16-13-24(10-9-18(16)27-19)22(26)20-4-3-11-28-20/h3-8,11-12,14H,9-10,13H2,1-2H3,(H,23,25). The van der Waals surface area contributed by atoms with Crippen molar-refractivity contribution >= 4 is 28.8 Å². The lowest BCUT2D eigenvalue weighted by Gasteiger charge is -2.25. The summed E-state index contributed by atoms with van der Waals surface area (Å²) in [5, 5.41) is 4.81. The topological polar surface area (TPSA) is 62.6 Å². The molecule has 1 aliphatic heterocycles. The van der Waals surface area contributed by atoms with Gasteiger partial charge < -0.3 is 14.6 Å². The number of benzene rings is 1. The lowest BCUT2D eigenvalue weighted by Crippen LogP contribution is -2.35. The summed E-state index contributed by atoms with van der Waals surface area (Å²) in [6.45, 7) is 4.96.